The van der Waals surface area contributed by atoms with Crippen molar-refractivity contribution in [1.82, 2.24) is 10.2 Å². The van der Waals surface area contributed by atoms with E-state index >= 15 is 0 Å². The second-order valence-corrected chi connectivity index (χ2v) is 5.77. The van der Waals surface area contributed by atoms with Gasteiger partial charge in [-0.15, -0.1) is 24.0 Å². The Morgan fingerprint density at radius 3 is 2.62 bits per heavy atom. The van der Waals surface area contributed by atoms with E-state index in [0.717, 1.165) is 37.5 Å². The van der Waals surface area contributed by atoms with Crippen LogP contribution in [0.25, 0.3) is 0 Å². The third kappa shape index (κ3) is 5.32. The van der Waals surface area contributed by atoms with Gasteiger partial charge in [0, 0.05) is 26.7 Å². The number of hydrogen-bond donors (Lipinski definition) is 1. The molecule has 1 aromatic rings. The molecule has 0 aromatic heterocycles. The van der Waals surface area contributed by atoms with E-state index in [1.165, 1.54) is 7.11 Å². The molecular weight excluding hydrogens is 424 g/mol. The van der Waals surface area contributed by atoms with Gasteiger partial charge in [-0.3, -0.25) is 9.79 Å². The number of nitrogens with one attached hydrogen (secondary N) is 1. The topological polar surface area (TPSA) is 53.9 Å². The molecule has 1 aliphatic heterocycles. The highest BCUT2D eigenvalue weighted by atomic mass is 127. The molecule has 0 amide bonds. The summed E-state index contributed by atoms with van der Waals surface area (Å²) in [5.41, 5.74) is 1.52. The molecule has 5 nitrogen and oxygen atoms in total. The van der Waals surface area contributed by atoms with Gasteiger partial charge in [-0.05, 0) is 37.0 Å². The normalized spacial score (nSPS) is 15.7. The number of methoxy groups -OCH3 is 1. The van der Waals surface area contributed by atoms with Crippen LogP contribution in [0.1, 0.15) is 24.0 Å². The summed E-state index contributed by atoms with van der Waals surface area (Å²) in [4.78, 5) is 18.0. The van der Waals surface area contributed by atoms with Crippen molar-refractivity contribution in [2.45, 2.75) is 26.3 Å². The van der Waals surface area contributed by atoms with E-state index in [2.05, 4.69) is 15.2 Å². The molecule has 1 aromatic carbocycles. The molecule has 1 aliphatic rings. The summed E-state index contributed by atoms with van der Waals surface area (Å²) in [6, 6.07) is 5.22. The van der Waals surface area contributed by atoms with E-state index in [4.69, 9.17) is 4.74 Å². The van der Waals surface area contributed by atoms with Gasteiger partial charge in [0.05, 0.1) is 13.0 Å². The highest BCUT2D eigenvalue weighted by Crippen LogP contribution is 2.18. The Labute approximate surface area is 159 Å². The van der Waals surface area contributed by atoms with Gasteiger partial charge in [0.15, 0.2) is 5.96 Å². The third-order valence-electron chi connectivity index (χ3n) is 4.23. The molecule has 0 saturated carbocycles. The molecular formula is C17H25FIN3O2. The fourth-order valence-electron chi connectivity index (χ4n) is 2.75. The second-order valence-electron chi connectivity index (χ2n) is 5.77. The summed E-state index contributed by atoms with van der Waals surface area (Å²) < 4.78 is 18.4. The molecule has 0 radical (unpaired) electrons. The average molecular weight is 449 g/mol. The van der Waals surface area contributed by atoms with Crippen LogP contribution in [0.5, 0.6) is 0 Å². The monoisotopic (exact) mass is 449 g/mol. The summed E-state index contributed by atoms with van der Waals surface area (Å²) >= 11 is 0. The molecule has 1 N–H and O–H groups in total. The minimum atomic E-state index is -0.196. The maximum absolute atomic E-state index is 13.6. The zero-order valence-electron chi connectivity index (χ0n) is 14.3. The van der Waals surface area contributed by atoms with Crippen molar-refractivity contribution >= 4 is 35.9 Å². The number of carbonyl (C=O) groups is 1. The number of aryl methyl sites for hydroxylation is 1. The molecule has 0 unspecified atom stereocenters. The summed E-state index contributed by atoms with van der Waals surface area (Å²) in [5.74, 6) is 0.413. The van der Waals surface area contributed by atoms with Crippen molar-refractivity contribution in [2.75, 3.05) is 27.2 Å². The molecule has 2 rings (SSSR count). The lowest BCUT2D eigenvalue weighted by molar-refractivity contribution is -0.146. The lowest BCUT2D eigenvalue weighted by Gasteiger charge is -2.33. The van der Waals surface area contributed by atoms with Gasteiger partial charge in [-0.2, -0.15) is 0 Å². The number of likely N-dealkylation sites (tertiary alicyclic amines) is 1. The molecule has 0 atom stereocenters. The minimum Gasteiger partial charge on any atom is -0.469 e. The Hall–Kier alpha value is -1.38. The number of aliphatic imine (C=N–C) groups is 1. The van der Waals surface area contributed by atoms with Crippen molar-refractivity contribution in [2.24, 2.45) is 10.9 Å². The van der Waals surface area contributed by atoms with Crippen molar-refractivity contribution in [1.29, 1.82) is 0 Å². The van der Waals surface area contributed by atoms with E-state index < -0.39 is 0 Å². The highest BCUT2D eigenvalue weighted by molar-refractivity contribution is 14.0. The molecule has 1 heterocycles. The molecule has 0 aliphatic carbocycles. The molecule has 1 fully saturated rings. The van der Waals surface area contributed by atoms with E-state index in [1.54, 1.807) is 26.1 Å². The largest absolute Gasteiger partial charge is 0.469 e. The number of ether oxygens (including phenoxy) is 1. The maximum atomic E-state index is 13.6. The first kappa shape index (κ1) is 20.7. The Morgan fingerprint density at radius 1 is 1.42 bits per heavy atom. The SMILES string of the molecule is CN=C(NCc1ccc(C)c(F)c1)N1CCC(C(=O)OC)CC1.I. The van der Waals surface area contributed by atoms with Crippen LogP contribution in [-0.4, -0.2) is 44.1 Å². The average Bonchev–Trinajstić information content (AvgIpc) is 2.58. The Morgan fingerprint density at radius 2 is 2.08 bits per heavy atom. The van der Waals surface area contributed by atoms with Gasteiger partial charge in [-0.1, -0.05) is 12.1 Å². The summed E-state index contributed by atoms with van der Waals surface area (Å²) in [6.45, 7) is 3.77. The fraction of sp³-hybridized carbons (Fsp3) is 0.529. The third-order valence-corrected chi connectivity index (χ3v) is 4.23. The zero-order valence-corrected chi connectivity index (χ0v) is 16.7. The van der Waals surface area contributed by atoms with Crippen molar-refractivity contribution in [3.8, 4) is 0 Å². The Bertz CT molecular complexity index is 587. The fourth-order valence-corrected chi connectivity index (χ4v) is 2.75. The van der Waals surface area contributed by atoms with Crippen LogP contribution in [0, 0.1) is 18.7 Å². The van der Waals surface area contributed by atoms with Gasteiger partial charge in [-0.25, -0.2) is 4.39 Å². The van der Waals surface area contributed by atoms with Gasteiger partial charge in [0.2, 0.25) is 0 Å². The molecule has 0 bridgehead atoms. The molecule has 7 heteroatoms. The molecule has 134 valence electrons. The Balaban J connectivity index is 0.00000288. The predicted molar refractivity (Wildman–Crippen MR) is 103 cm³/mol. The number of guanidine groups is 1. The number of hydrogen-bond acceptors (Lipinski definition) is 3. The standard InChI is InChI=1S/C17H24FN3O2.HI/c1-12-4-5-13(10-15(12)18)11-20-17(19-2)21-8-6-14(7-9-21)16(22)23-3;/h4-5,10,14H,6-9,11H2,1-3H3,(H,19,20);1H. The van der Waals surface area contributed by atoms with Crippen molar-refractivity contribution in [3.63, 3.8) is 0 Å². The minimum absolute atomic E-state index is 0. The first-order valence-electron chi connectivity index (χ1n) is 7.83. The lowest BCUT2D eigenvalue weighted by atomic mass is 9.97. The second kappa shape index (κ2) is 9.80. The van der Waals surface area contributed by atoms with Crippen LogP contribution in [0.2, 0.25) is 0 Å². The highest BCUT2D eigenvalue weighted by Gasteiger charge is 2.26. The van der Waals surface area contributed by atoms with Crippen LogP contribution in [0.4, 0.5) is 4.39 Å². The summed E-state index contributed by atoms with van der Waals surface area (Å²) in [7, 11) is 3.15. The first-order valence-corrected chi connectivity index (χ1v) is 7.83. The quantitative estimate of drug-likeness (QED) is 0.334. The summed E-state index contributed by atoms with van der Waals surface area (Å²) in [6.07, 6.45) is 1.51. The van der Waals surface area contributed by atoms with Crippen LogP contribution < -0.4 is 5.32 Å². The van der Waals surface area contributed by atoms with E-state index in [-0.39, 0.29) is 41.7 Å². The maximum Gasteiger partial charge on any atom is 0.308 e. The predicted octanol–water partition coefficient (Wildman–Crippen LogP) is 2.71. The van der Waals surface area contributed by atoms with E-state index in [9.17, 15) is 9.18 Å². The lowest BCUT2D eigenvalue weighted by Crippen LogP contribution is -2.46. The van der Waals surface area contributed by atoms with Crippen LogP contribution in [0.15, 0.2) is 23.2 Å². The van der Waals surface area contributed by atoms with E-state index in [0.29, 0.717) is 12.1 Å². The zero-order chi connectivity index (χ0) is 16.8. The smallest absolute Gasteiger partial charge is 0.308 e. The summed E-state index contributed by atoms with van der Waals surface area (Å²) in [5, 5.41) is 3.25. The number of halogens is 2. The molecule has 1 saturated heterocycles. The first-order chi connectivity index (χ1) is 11.0. The number of benzene rings is 1. The van der Waals surface area contributed by atoms with Crippen LogP contribution >= 0.6 is 24.0 Å². The van der Waals surface area contributed by atoms with E-state index in [1.807, 2.05) is 6.07 Å². The number of rotatable bonds is 3. The molecule has 0 spiro atoms. The molecule has 24 heavy (non-hydrogen) atoms. The number of piperidine rings is 1. The van der Waals surface area contributed by atoms with Crippen molar-refractivity contribution < 1.29 is 13.9 Å². The number of nitrogens with zero attached hydrogens (tertiary/aromatic N) is 2. The number of esters is 1. The van der Waals surface area contributed by atoms with Gasteiger partial charge < -0.3 is 15.0 Å². The number of carbonyl (C=O) groups excluding carboxylic acids is 1. The van der Waals surface area contributed by atoms with Crippen LogP contribution in [-0.2, 0) is 16.1 Å². The Kier molecular flexibility index (Phi) is 8.44. The van der Waals surface area contributed by atoms with Gasteiger partial charge >= 0.3 is 5.97 Å². The van der Waals surface area contributed by atoms with Gasteiger partial charge in [0.25, 0.3) is 0 Å². The van der Waals surface area contributed by atoms with Crippen LogP contribution in [0.3, 0.4) is 0 Å². The van der Waals surface area contributed by atoms with Crippen molar-refractivity contribution in [3.05, 3.63) is 35.1 Å². The van der Waals surface area contributed by atoms with Gasteiger partial charge in [0.1, 0.15) is 5.82 Å².